The number of aromatic amines is 1. The highest BCUT2D eigenvalue weighted by Gasteiger charge is 2.35. The van der Waals surface area contributed by atoms with E-state index in [1.165, 1.54) is 24.4 Å². The minimum absolute atomic E-state index is 0.0653. The molecule has 33 heavy (non-hydrogen) atoms. The molecule has 1 saturated heterocycles. The minimum atomic E-state index is -0.603. The maximum absolute atomic E-state index is 13.5. The van der Waals surface area contributed by atoms with Crippen LogP contribution in [0.25, 0.3) is 11.2 Å². The number of likely N-dealkylation sites (tertiary alicyclic amines) is 1. The fourth-order valence-electron chi connectivity index (χ4n) is 3.73. The Bertz CT molecular complexity index is 1220. The number of carbonyl (C=O) groups excluding carboxylic acids is 1. The van der Waals surface area contributed by atoms with Gasteiger partial charge in [0.05, 0.1) is 16.6 Å². The second kappa shape index (κ2) is 8.86. The van der Waals surface area contributed by atoms with Gasteiger partial charge in [-0.15, -0.1) is 0 Å². The number of benzene rings is 1. The zero-order valence-corrected chi connectivity index (χ0v) is 19.1. The van der Waals surface area contributed by atoms with E-state index in [-0.39, 0.29) is 16.9 Å². The fraction of sp³-hybridized carbons (Fsp3) is 0.364. The Morgan fingerprint density at radius 3 is 2.88 bits per heavy atom. The van der Waals surface area contributed by atoms with Crippen molar-refractivity contribution in [2.45, 2.75) is 45.3 Å². The van der Waals surface area contributed by atoms with E-state index >= 15 is 0 Å². The van der Waals surface area contributed by atoms with Crippen LogP contribution in [-0.2, 0) is 4.74 Å². The molecule has 2 aromatic heterocycles. The Morgan fingerprint density at radius 2 is 2.18 bits per heavy atom. The second-order valence-corrected chi connectivity index (χ2v) is 9.12. The monoisotopic (exact) mass is 474 g/mol. The number of halogens is 2. The van der Waals surface area contributed by atoms with Gasteiger partial charge in [-0.3, -0.25) is 4.90 Å². The minimum Gasteiger partial charge on any atom is -0.444 e. The number of oxime groups is 1. The number of fused-ring (bicyclic) bond motifs is 1. The predicted octanol–water partition coefficient (Wildman–Crippen LogP) is 5.07. The van der Waals surface area contributed by atoms with Crippen molar-refractivity contribution in [2.24, 2.45) is 5.16 Å². The Labute approximate surface area is 194 Å². The summed E-state index contributed by atoms with van der Waals surface area (Å²) in [5.41, 5.74) is 1.25. The number of H-pyrrole nitrogens is 1. The van der Waals surface area contributed by atoms with Crippen LogP contribution in [0.4, 0.5) is 14.9 Å². The van der Waals surface area contributed by atoms with E-state index in [4.69, 9.17) is 16.3 Å². The van der Waals surface area contributed by atoms with Gasteiger partial charge in [0.1, 0.15) is 17.2 Å². The standard InChI is InChI=1S/C22H24ClFN6O3/c1-22(2,3)33-21(31)30-10-4-5-16(30)19-27-17-13(8-9-25-20(17)28-19)18(29-32)26-12-6-7-15(24)14(23)11-12/h6-9,11,16,32H,4-5,10H2,1-3H3,(H,26,29)(H,25,27,28). The third-order valence-electron chi connectivity index (χ3n) is 5.14. The molecule has 1 aliphatic heterocycles. The summed E-state index contributed by atoms with van der Waals surface area (Å²) in [4.78, 5) is 26.5. The van der Waals surface area contributed by atoms with Crippen molar-refractivity contribution in [3.05, 3.63) is 52.7 Å². The number of ether oxygens (including phenoxy) is 1. The molecular formula is C22H24ClFN6O3. The fourth-order valence-corrected chi connectivity index (χ4v) is 3.91. The van der Waals surface area contributed by atoms with Gasteiger partial charge in [0.15, 0.2) is 11.5 Å². The van der Waals surface area contributed by atoms with Crippen molar-refractivity contribution in [1.29, 1.82) is 0 Å². The molecule has 3 N–H and O–H groups in total. The van der Waals surface area contributed by atoms with Gasteiger partial charge in [0, 0.05) is 24.0 Å². The van der Waals surface area contributed by atoms with E-state index in [0.717, 1.165) is 12.8 Å². The van der Waals surface area contributed by atoms with E-state index in [2.05, 4.69) is 25.4 Å². The molecule has 9 nitrogen and oxygen atoms in total. The molecule has 0 bridgehead atoms. The topological polar surface area (TPSA) is 116 Å². The highest BCUT2D eigenvalue weighted by molar-refractivity contribution is 6.31. The van der Waals surface area contributed by atoms with E-state index < -0.39 is 17.5 Å². The van der Waals surface area contributed by atoms with Crippen LogP contribution >= 0.6 is 11.6 Å². The number of hydrogen-bond acceptors (Lipinski definition) is 6. The van der Waals surface area contributed by atoms with Gasteiger partial charge in [-0.2, -0.15) is 0 Å². The second-order valence-electron chi connectivity index (χ2n) is 8.71. The first kappa shape index (κ1) is 22.8. The maximum Gasteiger partial charge on any atom is 0.410 e. The third-order valence-corrected chi connectivity index (χ3v) is 5.43. The summed E-state index contributed by atoms with van der Waals surface area (Å²) >= 11 is 5.85. The third kappa shape index (κ3) is 4.85. The first-order chi connectivity index (χ1) is 15.7. The van der Waals surface area contributed by atoms with Crippen LogP contribution in [-0.4, -0.2) is 49.1 Å². The number of aromatic nitrogens is 3. The number of rotatable bonds is 3. The average molecular weight is 475 g/mol. The lowest BCUT2D eigenvalue weighted by Gasteiger charge is -2.27. The van der Waals surface area contributed by atoms with Crippen molar-refractivity contribution >= 4 is 40.4 Å². The first-order valence-corrected chi connectivity index (χ1v) is 10.8. The molecule has 1 fully saturated rings. The number of carbonyl (C=O) groups is 1. The number of amidine groups is 1. The Kier molecular flexibility index (Phi) is 6.11. The number of anilines is 1. The van der Waals surface area contributed by atoms with Crippen LogP contribution in [0.3, 0.4) is 0 Å². The summed E-state index contributed by atoms with van der Waals surface area (Å²) in [6.45, 7) is 6.03. The van der Waals surface area contributed by atoms with Crippen molar-refractivity contribution in [1.82, 2.24) is 19.9 Å². The lowest BCUT2D eigenvalue weighted by Crippen LogP contribution is -2.36. The number of amides is 1. The smallest absolute Gasteiger partial charge is 0.410 e. The van der Waals surface area contributed by atoms with Crippen LogP contribution in [0.15, 0.2) is 35.6 Å². The molecule has 0 radical (unpaired) electrons. The molecule has 1 atom stereocenters. The summed E-state index contributed by atoms with van der Waals surface area (Å²) in [7, 11) is 0. The predicted molar refractivity (Wildman–Crippen MR) is 122 cm³/mol. The molecule has 0 aliphatic carbocycles. The highest BCUT2D eigenvalue weighted by Crippen LogP contribution is 2.33. The molecule has 1 unspecified atom stereocenters. The average Bonchev–Trinajstić information content (AvgIpc) is 3.40. The van der Waals surface area contributed by atoms with Gasteiger partial charge < -0.3 is 20.2 Å². The number of pyridine rings is 1. The summed E-state index contributed by atoms with van der Waals surface area (Å²) in [6, 6.07) is 5.43. The first-order valence-electron chi connectivity index (χ1n) is 10.4. The van der Waals surface area contributed by atoms with Gasteiger partial charge in [-0.25, -0.2) is 19.2 Å². The Balaban J connectivity index is 1.65. The number of nitrogens with one attached hydrogen (secondary N) is 2. The van der Waals surface area contributed by atoms with E-state index in [1.807, 2.05) is 20.8 Å². The maximum atomic E-state index is 13.5. The summed E-state index contributed by atoms with van der Waals surface area (Å²) in [6.07, 6.45) is 2.68. The number of nitrogens with zero attached hydrogens (tertiary/aromatic N) is 4. The zero-order valence-electron chi connectivity index (χ0n) is 18.4. The quantitative estimate of drug-likeness (QED) is 0.211. The van der Waals surface area contributed by atoms with Crippen molar-refractivity contribution in [3.8, 4) is 0 Å². The van der Waals surface area contributed by atoms with Gasteiger partial charge in [-0.05, 0) is 57.9 Å². The molecule has 11 heteroatoms. The van der Waals surface area contributed by atoms with Crippen molar-refractivity contribution < 1.29 is 19.1 Å². The molecule has 3 heterocycles. The molecule has 1 amide bonds. The van der Waals surface area contributed by atoms with E-state index in [0.29, 0.717) is 34.8 Å². The summed E-state index contributed by atoms with van der Waals surface area (Å²) < 4.78 is 19.0. The molecule has 1 aromatic carbocycles. The summed E-state index contributed by atoms with van der Waals surface area (Å²) in [5, 5.41) is 15.9. The number of hydrogen-bond donors (Lipinski definition) is 3. The molecule has 174 valence electrons. The normalized spacial score (nSPS) is 16.9. The van der Waals surface area contributed by atoms with E-state index in [1.54, 1.807) is 11.0 Å². The SMILES string of the molecule is CC(C)(C)OC(=O)N1CCCC1c1nc2nccc(/C(=N\O)Nc3ccc(F)c(Cl)c3)c2[nH]1. The van der Waals surface area contributed by atoms with E-state index in [9.17, 15) is 14.4 Å². The molecule has 4 rings (SSSR count). The zero-order chi connectivity index (χ0) is 23.8. The van der Waals surface area contributed by atoms with Crippen LogP contribution in [0, 0.1) is 5.82 Å². The number of imidazole rings is 1. The van der Waals surface area contributed by atoms with Crippen LogP contribution in [0.2, 0.25) is 5.02 Å². The lowest BCUT2D eigenvalue weighted by atomic mass is 10.2. The van der Waals surface area contributed by atoms with Crippen molar-refractivity contribution in [2.75, 3.05) is 11.9 Å². The molecular weight excluding hydrogens is 451 g/mol. The summed E-state index contributed by atoms with van der Waals surface area (Å²) in [5.74, 6) is 0.103. The largest absolute Gasteiger partial charge is 0.444 e. The van der Waals surface area contributed by atoms with Crippen LogP contribution in [0.1, 0.15) is 51.0 Å². The molecule has 0 saturated carbocycles. The van der Waals surface area contributed by atoms with Crippen molar-refractivity contribution in [3.63, 3.8) is 0 Å². The highest BCUT2D eigenvalue weighted by atomic mass is 35.5. The van der Waals surface area contributed by atoms with Crippen LogP contribution in [0.5, 0.6) is 0 Å². The molecule has 1 aliphatic rings. The Morgan fingerprint density at radius 1 is 1.39 bits per heavy atom. The van der Waals surface area contributed by atoms with Gasteiger partial charge in [0.2, 0.25) is 0 Å². The molecule has 0 spiro atoms. The Hall–Kier alpha value is -3.40. The van der Waals surface area contributed by atoms with Gasteiger partial charge in [0.25, 0.3) is 0 Å². The van der Waals surface area contributed by atoms with Crippen LogP contribution < -0.4 is 5.32 Å². The molecule has 3 aromatic rings. The van der Waals surface area contributed by atoms with Gasteiger partial charge in [-0.1, -0.05) is 16.8 Å². The lowest BCUT2D eigenvalue weighted by molar-refractivity contribution is 0.0219. The van der Waals surface area contributed by atoms with Gasteiger partial charge >= 0.3 is 6.09 Å².